The SMILES string of the molecule is Cc1ccc(-c2ccc(-c3cccc(C)c3)c(C)c2C)cc1. The van der Waals surface area contributed by atoms with E-state index in [2.05, 4.69) is 88.4 Å². The zero-order valence-corrected chi connectivity index (χ0v) is 13.8. The zero-order chi connectivity index (χ0) is 15.7. The van der Waals surface area contributed by atoms with Crippen LogP contribution in [0, 0.1) is 27.7 Å². The van der Waals surface area contributed by atoms with Gasteiger partial charge in [0.05, 0.1) is 0 Å². The molecule has 0 heteroatoms. The van der Waals surface area contributed by atoms with E-state index >= 15 is 0 Å². The molecule has 0 aliphatic rings. The third-order valence-corrected chi connectivity index (χ3v) is 4.48. The lowest BCUT2D eigenvalue weighted by Crippen LogP contribution is -1.92. The van der Waals surface area contributed by atoms with Crippen LogP contribution in [0.5, 0.6) is 0 Å². The maximum Gasteiger partial charge on any atom is -0.0152 e. The van der Waals surface area contributed by atoms with Crippen LogP contribution in [-0.4, -0.2) is 0 Å². The van der Waals surface area contributed by atoms with Gasteiger partial charge in [-0.25, -0.2) is 0 Å². The molecule has 22 heavy (non-hydrogen) atoms. The minimum atomic E-state index is 1.29. The molecule has 0 saturated carbocycles. The maximum absolute atomic E-state index is 2.26. The van der Waals surface area contributed by atoms with Crippen LogP contribution in [0.15, 0.2) is 60.7 Å². The van der Waals surface area contributed by atoms with E-state index < -0.39 is 0 Å². The van der Waals surface area contributed by atoms with E-state index in [1.807, 2.05) is 0 Å². The lowest BCUT2D eigenvalue weighted by atomic mass is 9.90. The van der Waals surface area contributed by atoms with E-state index in [1.54, 1.807) is 0 Å². The van der Waals surface area contributed by atoms with Crippen LogP contribution < -0.4 is 0 Å². The standard InChI is InChI=1S/C22H22/c1-15-8-10-19(11-9-15)21-12-13-22(18(4)17(21)3)20-7-5-6-16(2)14-20/h5-14H,1-4H3. The normalized spacial score (nSPS) is 10.7. The molecule has 0 N–H and O–H groups in total. The monoisotopic (exact) mass is 286 g/mol. The molecule has 0 atom stereocenters. The Hall–Kier alpha value is -2.34. The minimum Gasteiger partial charge on any atom is -0.0614 e. The fourth-order valence-electron chi connectivity index (χ4n) is 2.99. The second kappa shape index (κ2) is 5.81. The number of rotatable bonds is 2. The van der Waals surface area contributed by atoms with Gasteiger partial charge in [-0.1, -0.05) is 71.8 Å². The van der Waals surface area contributed by atoms with Crippen LogP contribution in [0.2, 0.25) is 0 Å². The molecule has 0 radical (unpaired) electrons. The summed E-state index contributed by atoms with van der Waals surface area (Å²) < 4.78 is 0. The molecule has 0 unspecified atom stereocenters. The van der Waals surface area contributed by atoms with Crippen molar-refractivity contribution in [3.05, 3.63) is 82.9 Å². The average molecular weight is 286 g/mol. The van der Waals surface area contributed by atoms with Gasteiger partial charge in [-0.2, -0.15) is 0 Å². The van der Waals surface area contributed by atoms with Gasteiger partial charge in [0.15, 0.2) is 0 Å². The van der Waals surface area contributed by atoms with Crippen molar-refractivity contribution in [3.63, 3.8) is 0 Å². The summed E-state index contributed by atoms with van der Waals surface area (Å²) in [5, 5.41) is 0. The molecular formula is C22H22. The Balaban J connectivity index is 2.11. The molecule has 0 saturated heterocycles. The second-order valence-corrected chi connectivity index (χ2v) is 6.15. The van der Waals surface area contributed by atoms with Gasteiger partial charge in [0, 0.05) is 0 Å². The Morgan fingerprint density at radius 1 is 0.500 bits per heavy atom. The summed E-state index contributed by atoms with van der Waals surface area (Å²) in [5.41, 5.74) is 10.6. The first-order valence-corrected chi connectivity index (χ1v) is 7.80. The molecule has 0 aliphatic heterocycles. The molecule has 0 nitrogen and oxygen atoms in total. The summed E-state index contributed by atoms with van der Waals surface area (Å²) in [6.45, 7) is 8.73. The lowest BCUT2D eigenvalue weighted by molar-refractivity contribution is 1.33. The van der Waals surface area contributed by atoms with Crippen LogP contribution >= 0.6 is 0 Å². The van der Waals surface area contributed by atoms with Crippen LogP contribution in [0.25, 0.3) is 22.3 Å². The summed E-state index contributed by atoms with van der Waals surface area (Å²) in [6.07, 6.45) is 0. The van der Waals surface area contributed by atoms with E-state index in [4.69, 9.17) is 0 Å². The number of benzene rings is 3. The van der Waals surface area contributed by atoms with Gasteiger partial charge in [-0.3, -0.25) is 0 Å². The lowest BCUT2D eigenvalue weighted by Gasteiger charge is -2.14. The average Bonchev–Trinajstić information content (AvgIpc) is 2.51. The van der Waals surface area contributed by atoms with Crippen molar-refractivity contribution < 1.29 is 0 Å². The Morgan fingerprint density at radius 2 is 1.09 bits per heavy atom. The van der Waals surface area contributed by atoms with Crippen LogP contribution in [0.1, 0.15) is 22.3 Å². The molecule has 0 heterocycles. The van der Waals surface area contributed by atoms with E-state index in [-0.39, 0.29) is 0 Å². The van der Waals surface area contributed by atoms with Crippen molar-refractivity contribution in [2.45, 2.75) is 27.7 Å². The number of hydrogen-bond donors (Lipinski definition) is 0. The van der Waals surface area contributed by atoms with E-state index in [0.717, 1.165) is 0 Å². The quantitative estimate of drug-likeness (QED) is 0.522. The maximum atomic E-state index is 2.26. The van der Waals surface area contributed by atoms with Gasteiger partial charge in [0.25, 0.3) is 0 Å². The van der Waals surface area contributed by atoms with Crippen LogP contribution in [0.3, 0.4) is 0 Å². The van der Waals surface area contributed by atoms with Crippen molar-refractivity contribution in [3.8, 4) is 22.3 Å². The zero-order valence-electron chi connectivity index (χ0n) is 13.8. The van der Waals surface area contributed by atoms with Crippen molar-refractivity contribution in [1.29, 1.82) is 0 Å². The number of aryl methyl sites for hydroxylation is 2. The van der Waals surface area contributed by atoms with Gasteiger partial charge in [-0.15, -0.1) is 0 Å². The molecule has 0 amide bonds. The fraction of sp³-hybridized carbons (Fsp3) is 0.182. The van der Waals surface area contributed by atoms with Crippen molar-refractivity contribution in [1.82, 2.24) is 0 Å². The molecule has 0 bridgehead atoms. The Labute approximate surface area is 133 Å². The molecule has 0 aromatic heterocycles. The Bertz CT molecular complexity index is 808. The number of hydrogen-bond acceptors (Lipinski definition) is 0. The topological polar surface area (TPSA) is 0 Å². The predicted octanol–water partition coefficient (Wildman–Crippen LogP) is 6.25. The van der Waals surface area contributed by atoms with Gasteiger partial charge >= 0.3 is 0 Å². The van der Waals surface area contributed by atoms with E-state index in [9.17, 15) is 0 Å². The minimum absolute atomic E-state index is 1.29. The highest BCUT2D eigenvalue weighted by Gasteiger charge is 2.09. The van der Waals surface area contributed by atoms with E-state index in [0.29, 0.717) is 0 Å². The molecular weight excluding hydrogens is 264 g/mol. The highest BCUT2D eigenvalue weighted by molar-refractivity contribution is 5.77. The molecule has 110 valence electrons. The molecule has 0 aliphatic carbocycles. The molecule has 0 spiro atoms. The van der Waals surface area contributed by atoms with Gasteiger partial charge < -0.3 is 0 Å². The molecule has 3 aromatic carbocycles. The van der Waals surface area contributed by atoms with E-state index in [1.165, 1.54) is 44.5 Å². The highest BCUT2D eigenvalue weighted by Crippen LogP contribution is 2.32. The second-order valence-electron chi connectivity index (χ2n) is 6.15. The first-order valence-electron chi connectivity index (χ1n) is 7.80. The first-order chi connectivity index (χ1) is 10.6. The highest BCUT2D eigenvalue weighted by atomic mass is 14.1. The van der Waals surface area contributed by atoms with Crippen molar-refractivity contribution in [2.75, 3.05) is 0 Å². The molecule has 3 aromatic rings. The van der Waals surface area contributed by atoms with Gasteiger partial charge in [0.1, 0.15) is 0 Å². The Kier molecular flexibility index (Phi) is 3.85. The summed E-state index contributed by atoms with van der Waals surface area (Å²) >= 11 is 0. The van der Waals surface area contributed by atoms with Crippen LogP contribution in [-0.2, 0) is 0 Å². The Morgan fingerprint density at radius 3 is 1.68 bits per heavy atom. The van der Waals surface area contributed by atoms with Crippen molar-refractivity contribution >= 4 is 0 Å². The summed E-state index contributed by atoms with van der Waals surface area (Å²) in [7, 11) is 0. The summed E-state index contributed by atoms with van der Waals surface area (Å²) in [5.74, 6) is 0. The van der Waals surface area contributed by atoms with Crippen molar-refractivity contribution in [2.24, 2.45) is 0 Å². The van der Waals surface area contributed by atoms with Gasteiger partial charge in [0.2, 0.25) is 0 Å². The third kappa shape index (κ3) is 2.69. The largest absolute Gasteiger partial charge is 0.0614 e. The summed E-state index contributed by atoms with van der Waals surface area (Å²) in [4.78, 5) is 0. The smallest absolute Gasteiger partial charge is 0.0152 e. The van der Waals surface area contributed by atoms with Crippen LogP contribution in [0.4, 0.5) is 0 Å². The summed E-state index contributed by atoms with van der Waals surface area (Å²) in [6, 6.07) is 22.0. The molecule has 3 rings (SSSR count). The molecule has 0 fully saturated rings. The fourth-order valence-corrected chi connectivity index (χ4v) is 2.99. The van der Waals surface area contributed by atoms with Gasteiger partial charge in [-0.05, 0) is 61.1 Å². The predicted molar refractivity (Wildman–Crippen MR) is 96.3 cm³/mol. The third-order valence-electron chi connectivity index (χ3n) is 4.48. The first kappa shape index (κ1) is 14.6.